The predicted octanol–water partition coefficient (Wildman–Crippen LogP) is 3.34. The number of aryl methyl sites for hydroxylation is 1. The molecule has 1 N–H and O–H groups in total. The third-order valence-corrected chi connectivity index (χ3v) is 4.75. The number of piperazine rings is 1. The van der Waals surface area contributed by atoms with Crippen molar-refractivity contribution < 1.29 is 9.72 Å². The number of nitro benzene ring substituents is 1. The maximum Gasteiger partial charge on any atom is 0.272 e. The molecule has 1 aliphatic rings. The lowest BCUT2D eigenvalue weighted by Crippen LogP contribution is -2.48. The van der Waals surface area contributed by atoms with Crippen LogP contribution in [0.4, 0.5) is 5.69 Å². The summed E-state index contributed by atoms with van der Waals surface area (Å²) in [6.07, 6.45) is 0. The van der Waals surface area contributed by atoms with Gasteiger partial charge in [0.15, 0.2) is 0 Å². The number of halogens is 1. The molecule has 1 amide bonds. The summed E-state index contributed by atoms with van der Waals surface area (Å²) in [5, 5.41) is 14.9. The molecule has 1 fully saturated rings. The number of carbonyl (C=O) groups is 1. The van der Waals surface area contributed by atoms with Gasteiger partial charge in [0.2, 0.25) is 0 Å². The van der Waals surface area contributed by atoms with Crippen molar-refractivity contribution >= 4 is 23.2 Å². The van der Waals surface area contributed by atoms with Gasteiger partial charge in [0.25, 0.3) is 11.6 Å². The maximum atomic E-state index is 13.0. The lowest BCUT2D eigenvalue weighted by Gasteiger charge is -2.37. The van der Waals surface area contributed by atoms with Crippen molar-refractivity contribution in [2.45, 2.75) is 13.0 Å². The third kappa shape index (κ3) is 3.50. The van der Waals surface area contributed by atoms with Crippen LogP contribution in [-0.4, -0.2) is 35.4 Å². The van der Waals surface area contributed by atoms with E-state index in [4.69, 9.17) is 11.6 Å². The predicted molar refractivity (Wildman–Crippen MR) is 95.9 cm³/mol. The van der Waals surface area contributed by atoms with Crippen LogP contribution in [0.2, 0.25) is 5.02 Å². The first-order valence-electron chi connectivity index (χ1n) is 8.00. The molecule has 2 aromatic rings. The van der Waals surface area contributed by atoms with Crippen LogP contribution in [0, 0.1) is 17.0 Å². The summed E-state index contributed by atoms with van der Waals surface area (Å²) in [6, 6.07) is 11.8. The number of amides is 1. The molecule has 6 nitrogen and oxygen atoms in total. The minimum absolute atomic E-state index is 0.0134. The zero-order valence-corrected chi connectivity index (χ0v) is 14.5. The van der Waals surface area contributed by atoms with Crippen molar-refractivity contribution in [1.29, 1.82) is 0 Å². The number of nitro groups is 1. The third-order valence-electron chi connectivity index (χ3n) is 4.41. The number of hydrogen-bond donors (Lipinski definition) is 1. The topological polar surface area (TPSA) is 75.5 Å². The van der Waals surface area contributed by atoms with Crippen LogP contribution in [0.5, 0.6) is 0 Å². The first-order chi connectivity index (χ1) is 12.0. The Morgan fingerprint density at radius 1 is 1.32 bits per heavy atom. The van der Waals surface area contributed by atoms with Gasteiger partial charge in [0.05, 0.1) is 11.0 Å². The fourth-order valence-corrected chi connectivity index (χ4v) is 3.39. The highest BCUT2D eigenvalue weighted by molar-refractivity contribution is 6.31. The molecule has 1 saturated heterocycles. The first-order valence-corrected chi connectivity index (χ1v) is 8.38. The van der Waals surface area contributed by atoms with E-state index in [1.165, 1.54) is 12.1 Å². The van der Waals surface area contributed by atoms with Gasteiger partial charge in [0, 0.05) is 41.9 Å². The summed E-state index contributed by atoms with van der Waals surface area (Å²) < 4.78 is 0. The Morgan fingerprint density at radius 2 is 2.08 bits per heavy atom. The van der Waals surface area contributed by atoms with E-state index in [9.17, 15) is 14.9 Å². The lowest BCUT2D eigenvalue weighted by molar-refractivity contribution is -0.385. The molecule has 0 aliphatic carbocycles. The average molecular weight is 360 g/mol. The zero-order valence-electron chi connectivity index (χ0n) is 13.7. The molecule has 2 aromatic carbocycles. The van der Waals surface area contributed by atoms with E-state index in [0.29, 0.717) is 35.8 Å². The summed E-state index contributed by atoms with van der Waals surface area (Å²) in [7, 11) is 0. The number of carbonyl (C=O) groups excluding carboxylic acids is 1. The largest absolute Gasteiger partial charge is 0.329 e. The summed E-state index contributed by atoms with van der Waals surface area (Å²) in [4.78, 5) is 25.3. The summed E-state index contributed by atoms with van der Waals surface area (Å²) in [5.41, 5.74) is 1.82. The second-order valence-electron chi connectivity index (χ2n) is 6.00. The van der Waals surface area contributed by atoms with Gasteiger partial charge in [-0.15, -0.1) is 0 Å². The molecule has 0 bridgehead atoms. The van der Waals surface area contributed by atoms with E-state index < -0.39 is 4.92 Å². The molecule has 1 atom stereocenters. The number of rotatable bonds is 3. The van der Waals surface area contributed by atoms with Crippen LogP contribution in [0.25, 0.3) is 0 Å². The molecule has 130 valence electrons. The SMILES string of the molecule is Cc1cc(C(=O)N2CCNCC2c2ccccc2Cl)ccc1[N+](=O)[O-]. The van der Waals surface area contributed by atoms with Crippen LogP contribution < -0.4 is 5.32 Å². The monoisotopic (exact) mass is 359 g/mol. The van der Waals surface area contributed by atoms with E-state index in [-0.39, 0.29) is 17.6 Å². The standard InChI is InChI=1S/C18H18ClN3O3/c1-12-10-13(6-7-16(12)22(24)25)18(23)21-9-8-20-11-17(21)14-4-2-3-5-15(14)19/h2-7,10,17,20H,8-9,11H2,1H3. The Hall–Kier alpha value is -2.44. The molecule has 7 heteroatoms. The van der Waals surface area contributed by atoms with Gasteiger partial charge >= 0.3 is 0 Å². The Balaban J connectivity index is 1.93. The molecular formula is C18H18ClN3O3. The van der Waals surface area contributed by atoms with E-state index in [2.05, 4.69) is 5.32 Å². The zero-order chi connectivity index (χ0) is 18.0. The number of benzene rings is 2. The quantitative estimate of drug-likeness (QED) is 0.673. The summed E-state index contributed by atoms with van der Waals surface area (Å²) in [5.74, 6) is -0.149. The van der Waals surface area contributed by atoms with Crippen molar-refractivity contribution in [2.24, 2.45) is 0 Å². The van der Waals surface area contributed by atoms with Gasteiger partial charge in [-0.1, -0.05) is 29.8 Å². The van der Waals surface area contributed by atoms with Gasteiger partial charge in [-0.25, -0.2) is 0 Å². The molecular weight excluding hydrogens is 342 g/mol. The highest BCUT2D eigenvalue weighted by Crippen LogP contribution is 2.30. The highest BCUT2D eigenvalue weighted by atomic mass is 35.5. The molecule has 0 aromatic heterocycles. The second-order valence-corrected chi connectivity index (χ2v) is 6.41. The van der Waals surface area contributed by atoms with E-state index in [1.807, 2.05) is 24.3 Å². The Labute approximate surface area is 150 Å². The van der Waals surface area contributed by atoms with Crippen LogP contribution in [-0.2, 0) is 0 Å². The van der Waals surface area contributed by atoms with Crippen molar-refractivity contribution in [1.82, 2.24) is 10.2 Å². The molecule has 0 saturated carbocycles. The van der Waals surface area contributed by atoms with Crippen LogP contribution >= 0.6 is 11.6 Å². The van der Waals surface area contributed by atoms with Gasteiger partial charge in [-0.2, -0.15) is 0 Å². The van der Waals surface area contributed by atoms with Crippen LogP contribution in [0.1, 0.15) is 27.5 Å². The van der Waals surface area contributed by atoms with Crippen LogP contribution in [0.15, 0.2) is 42.5 Å². The van der Waals surface area contributed by atoms with Crippen molar-refractivity contribution in [2.75, 3.05) is 19.6 Å². The van der Waals surface area contributed by atoms with Gasteiger partial charge in [-0.05, 0) is 30.7 Å². The Bertz CT molecular complexity index is 825. The molecule has 0 radical (unpaired) electrons. The van der Waals surface area contributed by atoms with E-state index >= 15 is 0 Å². The molecule has 0 spiro atoms. The summed E-state index contributed by atoms with van der Waals surface area (Å²) >= 11 is 6.31. The smallest absolute Gasteiger partial charge is 0.272 e. The number of nitrogens with zero attached hydrogens (tertiary/aromatic N) is 2. The molecule has 25 heavy (non-hydrogen) atoms. The Kier molecular flexibility index (Phi) is 5.01. The fourth-order valence-electron chi connectivity index (χ4n) is 3.13. The fraction of sp³-hybridized carbons (Fsp3) is 0.278. The normalized spacial score (nSPS) is 17.4. The first kappa shape index (κ1) is 17.4. The molecule has 1 unspecified atom stereocenters. The molecule has 3 rings (SSSR count). The van der Waals surface area contributed by atoms with Crippen LogP contribution in [0.3, 0.4) is 0 Å². The van der Waals surface area contributed by atoms with E-state index in [1.54, 1.807) is 17.9 Å². The van der Waals surface area contributed by atoms with Crippen molar-refractivity contribution in [3.63, 3.8) is 0 Å². The molecule has 1 aliphatic heterocycles. The highest BCUT2D eigenvalue weighted by Gasteiger charge is 2.30. The summed E-state index contributed by atoms with van der Waals surface area (Å²) in [6.45, 7) is 3.49. The van der Waals surface area contributed by atoms with Crippen molar-refractivity contribution in [3.8, 4) is 0 Å². The average Bonchev–Trinajstić information content (AvgIpc) is 2.61. The van der Waals surface area contributed by atoms with Gasteiger partial charge in [0.1, 0.15) is 0 Å². The lowest BCUT2D eigenvalue weighted by atomic mass is 10.0. The van der Waals surface area contributed by atoms with Gasteiger partial charge in [-0.3, -0.25) is 14.9 Å². The minimum atomic E-state index is -0.444. The minimum Gasteiger partial charge on any atom is -0.329 e. The van der Waals surface area contributed by atoms with Crippen molar-refractivity contribution in [3.05, 3.63) is 74.3 Å². The Morgan fingerprint density at radius 3 is 2.76 bits per heavy atom. The second kappa shape index (κ2) is 7.21. The van der Waals surface area contributed by atoms with E-state index in [0.717, 1.165) is 5.56 Å². The van der Waals surface area contributed by atoms with Gasteiger partial charge < -0.3 is 10.2 Å². The molecule has 1 heterocycles. The number of nitrogens with one attached hydrogen (secondary N) is 1. The maximum absolute atomic E-state index is 13.0. The number of hydrogen-bond acceptors (Lipinski definition) is 4.